The molecule has 1 amide bonds. The second-order valence-electron chi connectivity index (χ2n) is 7.70. The third kappa shape index (κ3) is 4.52. The van der Waals surface area contributed by atoms with Gasteiger partial charge in [-0.05, 0) is 55.5 Å². The van der Waals surface area contributed by atoms with Gasteiger partial charge in [-0.15, -0.1) is 12.4 Å². The smallest absolute Gasteiger partial charge is 0.293 e. The van der Waals surface area contributed by atoms with E-state index in [2.05, 4.69) is 10.6 Å². The molecular formula is C21H25ClN4O3. The van der Waals surface area contributed by atoms with Gasteiger partial charge < -0.3 is 15.5 Å². The lowest BCUT2D eigenvalue weighted by atomic mass is 9.78. The third-order valence-electron chi connectivity index (χ3n) is 5.94. The number of likely N-dealkylation sites (tertiary alicyclic amines) is 1. The Kier molecular flexibility index (Phi) is 6.39. The molecule has 2 saturated heterocycles. The molecule has 2 aromatic rings. The van der Waals surface area contributed by atoms with Gasteiger partial charge in [0.25, 0.3) is 11.6 Å². The average molecular weight is 417 g/mol. The average Bonchev–Trinajstić information content (AvgIpc) is 3.17. The van der Waals surface area contributed by atoms with E-state index in [0.717, 1.165) is 31.6 Å². The normalized spacial score (nSPS) is 17.6. The summed E-state index contributed by atoms with van der Waals surface area (Å²) in [6, 6.07) is 13.9. The van der Waals surface area contributed by atoms with E-state index >= 15 is 0 Å². The maximum absolute atomic E-state index is 12.9. The summed E-state index contributed by atoms with van der Waals surface area (Å²) in [5.41, 5.74) is 1.74. The van der Waals surface area contributed by atoms with Crippen LogP contribution in [0.25, 0.3) is 0 Å². The van der Waals surface area contributed by atoms with Gasteiger partial charge in [-0.2, -0.15) is 0 Å². The number of amides is 1. The Balaban J connectivity index is 0.00000240. The van der Waals surface area contributed by atoms with Crippen molar-refractivity contribution < 1.29 is 9.72 Å². The number of rotatable bonds is 4. The maximum Gasteiger partial charge on any atom is 0.293 e. The molecular weight excluding hydrogens is 392 g/mol. The van der Waals surface area contributed by atoms with E-state index in [1.165, 1.54) is 12.5 Å². The number of nitrogens with one attached hydrogen (secondary N) is 2. The highest BCUT2D eigenvalue weighted by molar-refractivity contribution is 5.96. The van der Waals surface area contributed by atoms with Crippen molar-refractivity contribution in [3.8, 4) is 0 Å². The van der Waals surface area contributed by atoms with Gasteiger partial charge in [-0.25, -0.2) is 0 Å². The molecule has 7 nitrogen and oxygen atoms in total. The number of carbonyl (C=O) groups is 1. The van der Waals surface area contributed by atoms with Crippen LogP contribution in [0.5, 0.6) is 0 Å². The van der Waals surface area contributed by atoms with Crippen LogP contribution in [-0.4, -0.2) is 41.9 Å². The summed E-state index contributed by atoms with van der Waals surface area (Å²) in [4.78, 5) is 25.9. The molecule has 2 heterocycles. The number of nitrogens with zero attached hydrogens (tertiary/aromatic N) is 2. The SMILES string of the molecule is Cl.O=C(c1ccc(Nc2ccccc2)c([N+](=O)[O-])c1)N1CCC2(CCNC2)CC1. The summed E-state index contributed by atoms with van der Waals surface area (Å²) < 4.78 is 0. The van der Waals surface area contributed by atoms with Crippen molar-refractivity contribution in [3.05, 3.63) is 64.2 Å². The Morgan fingerprint density at radius 3 is 2.45 bits per heavy atom. The lowest BCUT2D eigenvalue weighted by molar-refractivity contribution is -0.383. The highest BCUT2D eigenvalue weighted by Gasteiger charge is 2.38. The number of hydrogen-bond donors (Lipinski definition) is 2. The predicted octanol–water partition coefficient (Wildman–Crippen LogP) is 3.98. The summed E-state index contributed by atoms with van der Waals surface area (Å²) in [6.07, 6.45) is 3.14. The zero-order valence-corrected chi connectivity index (χ0v) is 16.9. The number of nitro benzene ring substituents is 1. The maximum atomic E-state index is 12.9. The van der Waals surface area contributed by atoms with Crippen LogP contribution in [0.15, 0.2) is 48.5 Å². The van der Waals surface area contributed by atoms with Gasteiger partial charge in [-0.1, -0.05) is 18.2 Å². The first-order valence-electron chi connectivity index (χ1n) is 9.67. The molecule has 2 fully saturated rings. The van der Waals surface area contributed by atoms with Crippen molar-refractivity contribution in [1.29, 1.82) is 0 Å². The largest absolute Gasteiger partial charge is 0.350 e. The second kappa shape index (κ2) is 8.80. The van der Waals surface area contributed by atoms with E-state index in [1.54, 1.807) is 12.1 Å². The van der Waals surface area contributed by atoms with Crippen molar-refractivity contribution >= 4 is 35.4 Å². The van der Waals surface area contributed by atoms with Crippen molar-refractivity contribution in [2.45, 2.75) is 19.3 Å². The van der Waals surface area contributed by atoms with Crippen molar-refractivity contribution in [2.75, 3.05) is 31.5 Å². The molecule has 0 aromatic heterocycles. The van der Waals surface area contributed by atoms with E-state index in [0.29, 0.717) is 29.8 Å². The standard InChI is InChI=1S/C21H24N4O3.ClH/c26-20(24-12-9-21(10-13-24)8-11-22-15-21)16-6-7-18(19(14-16)25(27)28)23-17-4-2-1-3-5-17;/h1-7,14,22-23H,8-13,15H2;1H. The van der Waals surface area contributed by atoms with Gasteiger partial charge in [0.15, 0.2) is 0 Å². The molecule has 1 spiro atoms. The van der Waals surface area contributed by atoms with Gasteiger partial charge >= 0.3 is 0 Å². The van der Waals surface area contributed by atoms with E-state index < -0.39 is 4.92 Å². The number of carbonyl (C=O) groups excluding carboxylic acids is 1. The third-order valence-corrected chi connectivity index (χ3v) is 5.94. The molecule has 0 saturated carbocycles. The first kappa shape index (κ1) is 21.1. The van der Waals surface area contributed by atoms with Crippen LogP contribution < -0.4 is 10.6 Å². The molecule has 2 aliphatic heterocycles. The highest BCUT2D eigenvalue weighted by atomic mass is 35.5. The van der Waals surface area contributed by atoms with Crippen LogP contribution in [0, 0.1) is 15.5 Å². The van der Waals surface area contributed by atoms with Crippen molar-refractivity contribution in [3.63, 3.8) is 0 Å². The Morgan fingerprint density at radius 1 is 1.10 bits per heavy atom. The van der Waals surface area contributed by atoms with Crippen LogP contribution in [0.3, 0.4) is 0 Å². The lowest BCUT2D eigenvalue weighted by Gasteiger charge is -2.38. The van der Waals surface area contributed by atoms with E-state index in [4.69, 9.17) is 0 Å². The van der Waals surface area contributed by atoms with Gasteiger partial charge in [-0.3, -0.25) is 14.9 Å². The lowest BCUT2D eigenvalue weighted by Crippen LogP contribution is -2.44. The van der Waals surface area contributed by atoms with Crippen LogP contribution in [0.2, 0.25) is 0 Å². The number of piperidine rings is 1. The van der Waals surface area contributed by atoms with Gasteiger partial charge in [0, 0.05) is 37.0 Å². The molecule has 2 N–H and O–H groups in total. The Morgan fingerprint density at radius 2 is 1.83 bits per heavy atom. The fraction of sp³-hybridized carbons (Fsp3) is 0.381. The number of halogens is 1. The van der Waals surface area contributed by atoms with E-state index in [9.17, 15) is 14.9 Å². The number of hydrogen-bond acceptors (Lipinski definition) is 5. The molecule has 29 heavy (non-hydrogen) atoms. The summed E-state index contributed by atoms with van der Waals surface area (Å²) in [7, 11) is 0. The van der Waals surface area contributed by atoms with Crippen LogP contribution in [0.4, 0.5) is 17.1 Å². The summed E-state index contributed by atoms with van der Waals surface area (Å²) in [6.45, 7) is 3.49. The summed E-state index contributed by atoms with van der Waals surface area (Å²) in [5.74, 6) is -0.129. The molecule has 0 aliphatic carbocycles. The molecule has 2 aliphatic rings. The van der Waals surface area contributed by atoms with Crippen LogP contribution >= 0.6 is 12.4 Å². The molecule has 2 aromatic carbocycles. The minimum Gasteiger partial charge on any atom is -0.350 e. The van der Waals surface area contributed by atoms with Gasteiger partial charge in [0.2, 0.25) is 0 Å². The van der Waals surface area contributed by atoms with Crippen LogP contribution in [-0.2, 0) is 0 Å². The minimum atomic E-state index is -0.447. The molecule has 0 bridgehead atoms. The zero-order chi connectivity index (χ0) is 19.6. The quantitative estimate of drug-likeness (QED) is 0.581. The molecule has 4 rings (SSSR count). The Bertz CT molecular complexity index is 875. The van der Waals surface area contributed by atoms with E-state index in [1.807, 2.05) is 35.2 Å². The first-order chi connectivity index (χ1) is 13.6. The summed E-state index contributed by atoms with van der Waals surface area (Å²) >= 11 is 0. The number of benzene rings is 2. The van der Waals surface area contributed by atoms with Crippen molar-refractivity contribution in [2.24, 2.45) is 5.41 Å². The highest BCUT2D eigenvalue weighted by Crippen LogP contribution is 2.37. The Labute approximate surface area is 176 Å². The van der Waals surface area contributed by atoms with Gasteiger partial charge in [0.05, 0.1) is 4.92 Å². The van der Waals surface area contributed by atoms with Gasteiger partial charge in [0.1, 0.15) is 5.69 Å². The fourth-order valence-electron chi connectivity index (χ4n) is 4.19. The number of para-hydroxylation sites is 1. The predicted molar refractivity (Wildman–Crippen MR) is 115 cm³/mol. The van der Waals surface area contributed by atoms with Crippen LogP contribution in [0.1, 0.15) is 29.6 Å². The fourth-order valence-corrected chi connectivity index (χ4v) is 4.19. The number of anilines is 2. The molecule has 0 atom stereocenters. The monoisotopic (exact) mass is 416 g/mol. The number of nitro groups is 1. The molecule has 154 valence electrons. The molecule has 0 unspecified atom stereocenters. The molecule has 8 heteroatoms. The van der Waals surface area contributed by atoms with E-state index in [-0.39, 0.29) is 24.0 Å². The molecule has 0 radical (unpaired) electrons. The minimum absolute atomic E-state index is 0. The second-order valence-corrected chi connectivity index (χ2v) is 7.70. The Hall–Kier alpha value is -2.64. The van der Waals surface area contributed by atoms with Crippen molar-refractivity contribution in [1.82, 2.24) is 10.2 Å². The summed E-state index contributed by atoms with van der Waals surface area (Å²) in [5, 5.41) is 18.0. The first-order valence-corrected chi connectivity index (χ1v) is 9.67. The zero-order valence-electron chi connectivity index (χ0n) is 16.1. The topological polar surface area (TPSA) is 87.5 Å².